The molecular formula is C19H25N3O4. The van der Waals surface area contributed by atoms with E-state index in [1.54, 1.807) is 0 Å². The van der Waals surface area contributed by atoms with Gasteiger partial charge in [0.1, 0.15) is 13.1 Å². The maximum atomic E-state index is 12.7. The molecule has 0 radical (unpaired) electrons. The Kier molecular flexibility index (Phi) is 6.00. The Labute approximate surface area is 153 Å². The first kappa shape index (κ1) is 18.5. The maximum Gasteiger partial charge on any atom is 0.248 e. The fourth-order valence-corrected chi connectivity index (χ4v) is 3.37. The summed E-state index contributed by atoms with van der Waals surface area (Å²) in [5.74, 6) is -0.782. The van der Waals surface area contributed by atoms with Gasteiger partial charge in [0.15, 0.2) is 0 Å². The van der Waals surface area contributed by atoms with E-state index >= 15 is 0 Å². The van der Waals surface area contributed by atoms with Gasteiger partial charge in [-0.25, -0.2) is 0 Å². The lowest BCUT2D eigenvalue weighted by molar-refractivity contribution is -0.158. The number of ether oxygens (including phenoxy) is 1. The lowest BCUT2D eigenvalue weighted by Crippen LogP contribution is -2.59. The van der Waals surface area contributed by atoms with Crippen LogP contribution in [0.25, 0.3) is 0 Å². The fourth-order valence-electron chi connectivity index (χ4n) is 3.37. The predicted molar refractivity (Wildman–Crippen MR) is 95.3 cm³/mol. The molecule has 2 aliphatic rings. The smallest absolute Gasteiger partial charge is 0.248 e. The average Bonchev–Trinajstić information content (AvgIpc) is 2.67. The highest BCUT2D eigenvalue weighted by molar-refractivity contribution is 6.03. The van der Waals surface area contributed by atoms with Gasteiger partial charge in [0.2, 0.25) is 17.7 Å². The summed E-state index contributed by atoms with van der Waals surface area (Å²) in [4.78, 5) is 42.2. The number of amides is 3. The van der Waals surface area contributed by atoms with E-state index in [9.17, 15) is 14.4 Å². The lowest BCUT2D eigenvalue weighted by atomic mass is 10.1. The third-order valence-electron chi connectivity index (χ3n) is 4.98. The van der Waals surface area contributed by atoms with Crippen LogP contribution in [-0.2, 0) is 25.5 Å². The van der Waals surface area contributed by atoms with Crippen molar-refractivity contribution in [1.82, 2.24) is 14.7 Å². The standard InChI is InChI=1S/C19H25N3O4/c1-15(20-9-11-26-12-10-20)19(25)21-13-17(23)22(18(24)14-21)8-7-16-5-3-2-4-6-16/h2-6,15H,7-14H2,1H3/t15-/m1/s1. The van der Waals surface area contributed by atoms with E-state index in [1.807, 2.05) is 42.2 Å². The van der Waals surface area contributed by atoms with Crippen molar-refractivity contribution in [3.63, 3.8) is 0 Å². The second kappa shape index (κ2) is 8.42. The minimum Gasteiger partial charge on any atom is -0.379 e. The van der Waals surface area contributed by atoms with E-state index in [4.69, 9.17) is 4.74 Å². The zero-order chi connectivity index (χ0) is 18.5. The molecule has 1 aromatic rings. The van der Waals surface area contributed by atoms with E-state index in [0.717, 1.165) is 5.56 Å². The summed E-state index contributed by atoms with van der Waals surface area (Å²) in [6, 6.07) is 9.39. The molecule has 140 valence electrons. The van der Waals surface area contributed by atoms with E-state index < -0.39 is 0 Å². The SMILES string of the molecule is C[C@H](C(=O)N1CC(=O)N(CCc2ccccc2)C(=O)C1)N1CCOCC1. The molecular weight excluding hydrogens is 334 g/mol. The Balaban J connectivity index is 1.56. The third-order valence-corrected chi connectivity index (χ3v) is 4.98. The highest BCUT2D eigenvalue weighted by Crippen LogP contribution is 2.12. The van der Waals surface area contributed by atoms with Gasteiger partial charge in [-0.05, 0) is 18.9 Å². The molecule has 2 aliphatic heterocycles. The molecule has 1 atom stereocenters. The summed E-state index contributed by atoms with van der Waals surface area (Å²) in [5, 5.41) is 0. The number of morpholine rings is 1. The molecule has 7 heteroatoms. The van der Waals surface area contributed by atoms with Crippen LogP contribution in [0.4, 0.5) is 0 Å². The molecule has 2 saturated heterocycles. The summed E-state index contributed by atoms with van der Waals surface area (Å²) in [7, 11) is 0. The molecule has 3 rings (SSSR count). The molecule has 0 aromatic heterocycles. The normalized spacial score (nSPS) is 20.3. The van der Waals surface area contributed by atoms with Crippen LogP contribution in [-0.4, -0.2) is 84.4 Å². The van der Waals surface area contributed by atoms with Crippen molar-refractivity contribution in [1.29, 1.82) is 0 Å². The van der Waals surface area contributed by atoms with E-state index in [2.05, 4.69) is 0 Å². The van der Waals surface area contributed by atoms with E-state index in [-0.39, 0.29) is 36.9 Å². The van der Waals surface area contributed by atoms with Crippen molar-refractivity contribution in [2.75, 3.05) is 45.9 Å². The zero-order valence-corrected chi connectivity index (χ0v) is 15.1. The monoisotopic (exact) mass is 359 g/mol. The van der Waals surface area contributed by atoms with Crippen LogP contribution in [0, 0.1) is 0 Å². The molecule has 1 aromatic carbocycles. The van der Waals surface area contributed by atoms with Crippen LogP contribution in [0.5, 0.6) is 0 Å². The molecule has 0 unspecified atom stereocenters. The summed E-state index contributed by atoms with van der Waals surface area (Å²) in [6.45, 7) is 4.68. The number of nitrogens with zero attached hydrogens (tertiary/aromatic N) is 3. The second-order valence-corrected chi connectivity index (χ2v) is 6.69. The van der Waals surface area contributed by atoms with Gasteiger partial charge >= 0.3 is 0 Å². The molecule has 0 bridgehead atoms. The first-order valence-corrected chi connectivity index (χ1v) is 9.04. The molecule has 3 amide bonds. The minimum absolute atomic E-state index is 0.0337. The average molecular weight is 359 g/mol. The van der Waals surface area contributed by atoms with Gasteiger partial charge in [-0.1, -0.05) is 30.3 Å². The summed E-state index contributed by atoms with van der Waals surface area (Å²) in [5.41, 5.74) is 1.08. The number of rotatable bonds is 5. The molecule has 0 N–H and O–H groups in total. The third kappa shape index (κ3) is 4.28. The van der Waals surface area contributed by atoms with Crippen LogP contribution in [0.15, 0.2) is 30.3 Å². The van der Waals surface area contributed by atoms with E-state index in [0.29, 0.717) is 39.3 Å². The molecule has 0 spiro atoms. The van der Waals surface area contributed by atoms with Gasteiger partial charge < -0.3 is 9.64 Å². The number of hydrogen-bond acceptors (Lipinski definition) is 5. The number of hydrogen-bond donors (Lipinski definition) is 0. The molecule has 2 heterocycles. The Hall–Kier alpha value is -2.25. The number of benzene rings is 1. The van der Waals surface area contributed by atoms with Crippen molar-refractivity contribution in [2.24, 2.45) is 0 Å². The first-order valence-electron chi connectivity index (χ1n) is 9.04. The van der Waals surface area contributed by atoms with Crippen LogP contribution in [0.2, 0.25) is 0 Å². The van der Waals surface area contributed by atoms with Crippen molar-refractivity contribution >= 4 is 17.7 Å². The predicted octanol–water partition coefficient (Wildman–Crippen LogP) is 0.147. The molecule has 0 saturated carbocycles. The minimum atomic E-state index is -0.352. The largest absolute Gasteiger partial charge is 0.379 e. The number of carbonyl (C=O) groups excluding carboxylic acids is 3. The van der Waals surface area contributed by atoms with Gasteiger partial charge in [-0.2, -0.15) is 0 Å². The van der Waals surface area contributed by atoms with E-state index in [1.165, 1.54) is 9.80 Å². The molecule has 7 nitrogen and oxygen atoms in total. The van der Waals surface area contributed by atoms with Crippen LogP contribution in [0.1, 0.15) is 12.5 Å². The Bertz CT molecular complexity index is 640. The van der Waals surface area contributed by atoms with Crippen molar-refractivity contribution in [2.45, 2.75) is 19.4 Å². The zero-order valence-electron chi connectivity index (χ0n) is 15.1. The second-order valence-electron chi connectivity index (χ2n) is 6.69. The van der Waals surface area contributed by atoms with Crippen molar-refractivity contribution in [3.05, 3.63) is 35.9 Å². The molecule has 2 fully saturated rings. The van der Waals surface area contributed by atoms with Crippen molar-refractivity contribution in [3.8, 4) is 0 Å². The Morgan fingerprint density at radius 2 is 1.69 bits per heavy atom. The Morgan fingerprint density at radius 1 is 1.08 bits per heavy atom. The highest BCUT2D eigenvalue weighted by atomic mass is 16.5. The summed E-state index contributed by atoms with van der Waals surface area (Å²) in [6.07, 6.45) is 0.621. The lowest BCUT2D eigenvalue weighted by Gasteiger charge is -2.37. The summed E-state index contributed by atoms with van der Waals surface area (Å²) < 4.78 is 5.31. The van der Waals surface area contributed by atoms with Gasteiger partial charge in [-0.3, -0.25) is 24.2 Å². The van der Waals surface area contributed by atoms with Crippen LogP contribution in [0.3, 0.4) is 0 Å². The quantitative estimate of drug-likeness (QED) is 0.700. The highest BCUT2D eigenvalue weighted by Gasteiger charge is 2.36. The molecule has 0 aliphatic carbocycles. The number of piperazine rings is 1. The summed E-state index contributed by atoms with van der Waals surface area (Å²) >= 11 is 0. The van der Waals surface area contributed by atoms with Gasteiger partial charge in [-0.15, -0.1) is 0 Å². The fraction of sp³-hybridized carbons (Fsp3) is 0.526. The maximum absolute atomic E-state index is 12.7. The number of carbonyl (C=O) groups is 3. The Morgan fingerprint density at radius 3 is 2.31 bits per heavy atom. The number of imide groups is 1. The van der Waals surface area contributed by atoms with Gasteiger partial charge in [0.05, 0.1) is 19.3 Å². The van der Waals surface area contributed by atoms with Crippen LogP contribution < -0.4 is 0 Å². The van der Waals surface area contributed by atoms with Crippen molar-refractivity contribution < 1.29 is 19.1 Å². The van der Waals surface area contributed by atoms with Crippen LogP contribution >= 0.6 is 0 Å². The molecule has 26 heavy (non-hydrogen) atoms. The van der Waals surface area contributed by atoms with Gasteiger partial charge in [0, 0.05) is 19.6 Å². The topological polar surface area (TPSA) is 70.2 Å². The first-order chi connectivity index (χ1) is 12.6. The van der Waals surface area contributed by atoms with Gasteiger partial charge in [0.25, 0.3) is 0 Å².